The quantitative estimate of drug-likeness (QED) is 0.731. The number of aryl methyl sites for hydroxylation is 1. The first kappa shape index (κ1) is 22.1. The van der Waals surface area contributed by atoms with Crippen LogP contribution in [-0.4, -0.2) is 80.3 Å². The molecule has 7 heteroatoms. The maximum Gasteiger partial charge on any atom is 0.282 e. The Balaban J connectivity index is 1.33. The third-order valence-corrected chi connectivity index (χ3v) is 9.39. The average Bonchev–Trinajstić information content (AvgIpc) is 3.03. The summed E-state index contributed by atoms with van der Waals surface area (Å²) in [7, 11) is -3.28. The van der Waals surface area contributed by atoms with Crippen LogP contribution in [0.15, 0.2) is 18.2 Å². The van der Waals surface area contributed by atoms with Crippen LogP contribution >= 0.6 is 0 Å². The number of hydrogen-bond donors (Lipinski definition) is 0. The molecule has 0 unspecified atom stereocenters. The Hall–Kier alpha value is -1.15. The Morgan fingerprint density at radius 2 is 1.43 bits per heavy atom. The lowest BCUT2D eigenvalue weighted by atomic mass is 10.00. The average molecular weight is 435 g/mol. The van der Waals surface area contributed by atoms with E-state index in [9.17, 15) is 8.42 Å². The lowest BCUT2D eigenvalue weighted by Crippen LogP contribution is -2.48. The summed E-state index contributed by atoms with van der Waals surface area (Å²) in [6.07, 6.45) is 6.40. The van der Waals surface area contributed by atoms with Crippen molar-refractivity contribution in [2.45, 2.75) is 58.4 Å². The SMILES string of the molecule is Cc1cccc(N2CCC(N3CCCN(S(=O)(=O)N4CCCCC4)CC3)CC2)c1C. The molecule has 0 aliphatic carbocycles. The van der Waals surface area contributed by atoms with Gasteiger partial charge in [0.15, 0.2) is 0 Å². The van der Waals surface area contributed by atoms with Gasteiger partial charge < -0.3 is 4.90 Å². The summed E-state index contributed by atoms with van der Waals surface area (Å²) < 4.78 is 29.6. The van der Waals surface area contributed by atoms with Crippen LogP contribution in [0.5, 0.6) is 0 Å². The first-order valence-electron chi connectivity index (χ1n) is 11.8. The molecule has 6 nitrogen and oxygen atoms in total. The smallest absolute Gasteiger partial charge is 0.282 e. The summed E-state index contributed by atoms with van der Waals surface area (Å²) in [5.41, 5.74) is 4.13. The third kappa shape index (κ3) is 4.69. The van der Waals surface area contributed by atoms with Crippen molar-refractivity contribution in [2.75, 3.05) is 57.3 Å². The van der Waals surface area contributed by atoms with Gasteiger partial charge in [0, 0.05) is 57.5 Å². The molecule has 3 aliphatic heterocycles. The minimum atomic E-state index is -3.28. The van der Waals surface area contributed by atoms with Crippen LogP contribution in [0.1, 0.15) is 49.7 Å². The van der Waals surface area contributed by atoms with Gasteiger partial charge in [0.25, 0.3) is 10.2 Å². The molecule has 0 amide bonds. The van der Waals surface area contributed by atoms with E-state index in [-0.39, 0.29) is 0 Å². The molecule has 168 valence electrons. The first-order chi connectivity index (χ1) is 14.5. The van der Waals surface area contributed by atoms with Gasteiger partial charge >= 0.3 is 0 Å². The van der Waals surface area contributed by atoms with Gasteiger partial charge in [-0.05, 0) is 69.7 Å². The second-order valence-electron chi connectivity index (χ2n) is 9.19. The summed E-state index contributed by atoms with van der Waals surface area (Å²) in [4.78, 5) is 5.09. The molecule has 3 saturated heterocycles. The third-order valence-electron chi connectivity index (χ3n) is 7.35. The van der Waals surface area contributed by atoms with Gasteiger partial charge in [-0.2, -0.15) is 17.0 Å². The zero-order valence-corrected chi connectivity index (χ0v) is 19.5. The molecule has 30 heavy (non-hydrogen) atoms. The van der Waals surface area contributed by atoms with Gasteiger partial charge in [-0.15, -0.1) is 0 Å². The Morgan fingerprint density at radius 3 is 2.17 bits per heavy atom. The van der Waals surface area contributed by atoms with Crippen molar-refractivity contribution in [3.8, 4) is 0 Å². The molecule has 0 atom stereocenters. The predicted octanol–water partition coefficient (Wildman–Crippen LogP) is 3.01. The zero-order valence-electron chi connectivity index (χ0n) is 18.7. The number of nitrogens with zero attached hydrogens (tertiary/aromatic N) is 4. The van der Waals surface area contributed by atoms with E-state index in [4.69, 9.17) is 0 Å². The van der Waals surface area contributed by atoms with E-state index in [0.717, 1.165) is 64.7 Å². The molecule has 1 aromatic carbocycles. The predicted molar refractivity (Wildman–Crippen MR) is 123 cm³/mol. The molecule has 0 spiro atoms. The van der Waals surface area contributed by atoms with Gasteiger partial charge in [0.1, 0.15) is 0 Å². The van der Waals surface area contributed by atoms with Gasteiger partial charge in [-0.3, -0.25) is 4.90 Å². The van der Waals surface area contributed by atoms with Crippen molar-refractivity contribution in [2.24, 2.45) is 0 Å². The summed E-state index contributed by atoms with van der Waals surface area (Å²) in [6.45, 7) is 11.1. The normalized spacial score (nSPS) is 24.1. The zero-order chi connectivity index (χ0) is 21.1. The molecular weight excluding hydrogens is 396 g/mol. The van der Waals surface area contributed by atoms with E-state index in [1.807, 2.05) is 0 Å². The Labute approximate surface area is 183 Å². The lowest BCUT2D eigenvalue weighted by Gasteiger charge is -2.39. The number of anilines is 1. The van der Waals surface area contributed by atoms with Crippen LogP contribution in [-0.2, 0) is 10.2 Å². The minimum absolute atomic E-state index is 0.573. The van der Waals surface area contributed by atoms with E-state index in [1.165, 1.54) is 16.8 Å². The highest BCUT2D eigenvalue weighted by molar-refractivity contribution is 7.86. The number of piperidine rings is 2. The topological polar surface area (TPSA) is 47.1 Å². The molecule has 3 heterocycles. The van der Waals surface area contributed by atoms with Crippen molar-refractivity contribution in [1.29, 1.82) is 0 Å². The van der Waals surface area contributed by atoms with Crippen LogP contribution in [0.2, 0.25) is 0 Å². The van der Waals surface area contributed by atoms with E-state index < -0.39 is 10.2 Å². The van der Waals surface area contributed by atoms with Crippen molar-refractivity contribution in [3.05, 3.63) is 29.3 Å². The van der Waals surface area contributed by atoms with Crippen molar-refractivity contribution in [1.82, 2.24) is 13.5 Å². The minimum Gasteiger partial charge on any atom is -0.371 e. The second kappa shape index (κ2) is 9.55. The molecule has 0 bridgehead atoms. The fourth-order valence-electron chi connectivity index (χ4n) is 5.32. The molecule has 4 rings (SSSR count). The number of benzene rings is 1. The fraction of sp³-hybridized carbons (Fsp3) is 0.739. The van der Waals surface area contributed by atoms with Crippen molar-refractivity contribution >= 4 is 15.9 Å². The molecular formula is C23H38N4O2S. The van der Waals surface area contributed by atoms with Crippen molar-refractivity contribution < 1.29 is 8.42 Å². The van der Waals surface area contributed by atoms with Gasteiger partial charge in [-0.25, -0.2) is 0 Å². The van der Waals surface area contributed by atoms with Crippen molar-refractivity contribution in [3.63, 3.8) is 0 Å². The molecule has 3 aliphatic rings. The summed E-state index contributed by atoms with van der Waals surface area (Å²) in [6, 6.07) is 7.17. The highest BCUT2D eigenvalue weighted by Crippen LogP contribution is 2.28. The Kier molecular flexibility index (Phi) is 7.02. The maximum absolute atomic E-state index is 13.1. The van der Waals surface area contributed by atoms with E-state index >= 15 is 0 Å². The Morgan fingerprint density at radius 1 is 0.767 bits per heavy atom. The standard InChI is InChI=1S/C23H38N4O2S/c1-20-8-6-9-23(21(20)2)25-16-10-22(11-17-25)24-12-7-15-27(19-18-24)30(28,29)26-13-4-3-5-14-26/h6,8-9,22H,3-5,7,10-19H2,1-2H3. The summed E-state index contributed by atoms with van der Waals surface area (Å²) >= 11 is 0. The highest BCUT2D eigenvalue weighted by Gasteiger charge is 2.33. The molecule has 0 N–H and O–H groups in total. The van der Waals surface area contributed by atoms with Gasteiger partial charge in [-0.1, -0.05) is 18.6 Å². The molecule has 0 radical (unpaired) electrons. The summed E-state index contributed by atoms with van der Waals surface area (Å²) in [5, 5.41) is 0. The van der Waals surface area contributed by atoms with E-state index in [2.05, 4.69) is 41.8 Å². The van der Waals surface area contributed by atoms with E-state index in [0.29, 0.717) is 32.2 Å². The van der Waals surface area contributed by atoms with Crippen LogP contribution < -0.4 is 4.90 Å². The highest BCUT2D eigenvalue weighted by atomic mass is 32.2. The van der Waals surface area contributed by atoms with Gasteiger partial charge in [0.2, 0.25) is 0 Å². The van der Waals surface area contributed by atoms with Crippen LogP contribution in [0.3, 0.4) is 0 Å². The first-order valence-corrected chi connectivity index (χ1v) is 13.2. The molecule has 1 aromatic rings. The molecule has 0 saturated carbocycles. The largest absolute Gasteiger partial charge is 0.371 e. The molecule has 0 aromatic heterocycles. The maximum atomic E-state index is 13.1. The van der Waals surface area contributed by atoms with Gasteiger partial charge in [0.05, 0.1) is 0 Å². The van der Waals surface area contributed by atoms with Crippen LogP contribution in [0.25, 0.3) is 0 Å². The number of rotatable bonds is 4. The van der Waals surface area contributed by atoms with Crippen LogP contribution in [0, 0.1) is 13.8 Å². The second-order valence-corrected chi connectivity index (χ2v) is 11.1. The fourth-order valence-corrected chi connectivity index (χ4v) is 7.04. The Bertz CT molecular complexity index is 814. The lowest BCUT2D eigenvalue weighted by molar-refractivity contribution is 0.176. The van der Waals surface area contributed by atoms with E-state index in [1.54, 1.807) is 8.61 Å². The summed E-state index contributed by atoms with van der Waals surface area (Å²) in [5.74, 6) is 0. The monoisotopic (exact) mass is 434 g/mol. The molecule has 3 fully saturated rings. The number of hydrogen-bond acceptors (Lipinski definition) is 4. The van der Waals surface area contributed by atoms with Crippen LogP contribution in [0.4, 0.5) is 5.69 Å².